The van der Waals surface area contributed by atoms with Gasteiger partial charge in [0.15, 0.2) is 0 Å². The Morgan fingerprint density at radius 3 is 2.62 bits per heavy atom. The molecule has 2 rings (SSSR count). The van der Waals surface area contributed by atoms with E-state index in [1.165, 1.54) is 0 Å². The molecule has 0 amide bonds. The van der Waals surface area contributed by atoms with E-state index in [1.54, 1.807) is 0 Å². The molecule has 2 aliphatic rings. The van der Waals surface area contributed by atoms with Gasteiger partial charge in [-0.25, -0.2) is 0 Å². The number of hydrazone groups is 1. The Morgan fingerprint density at radius 2 is 2.00 bits per heavy atom. The van der Waals surface area contributed by atoms with Crippen LogP contribution in [0, 0.1) is 5.41 Å². The molecule has 0 N–H and O–H groups in total. The summed E-state index contributed by atoms with van der Waals surface area (Å²) in [6, 6.07) is 0. The second-order valence-electron chi connectivity index (χ2n) is 5.00. The SMILES string of the molecule is CC1(C)C=CN(CCN2CCOCC2)N=C1. The van der Waals surface area contributed by atoms with E-state index in [2.05, 4.69) is 36.1 Å². The highest BCUT2D eigenvalue weighted by Crippen LogP contribution is 2.18. The zero-order valence-electron chi connectivity index (χ0n) is 10.2. The van der Waals surface area contributed by atoms with Gasteiger partial charge < -0.3 is 4.74 Å². The Balaban J connectivity index is 1.73. The molecule has 1 fully saturated rings. The molecule has 0 aromatic carbocycles. The van der Waals surface area contributed by atoms with E-state index in [0.29, 0.717) is 0 Å². The standard InChI is InChI=1S/C12H21N3O/c1-12(2)3-4-15(13-11-12)6-5-14-7-9-16-10-8-14/h3-4,11H,5-10H2,1-2H3. The summed E-state index contributed by atoms with van der Waals surface area (Å²) in [5, 5.41) is 6.44. The average molecular weight is 223 g/mol. The van der Waals surface area contributed by atoms with Crippen LogP contribution in [0.4, 0.5) is 0 Å². The fraction of sp³-hybridized carbons (Fsp3) is 0.750. The summed E-state index contributed by atoms with van der Waals surface area (Å²) in [4.78, 5) is 2.42. The van der Waals surface area contributed by atoms with Crippen LogP contribution in [0.2, 0.25) is 0 Å². The number of morpholine rings is 1. The van der Waals surface area contributed by atoms with Gasteiger partial charge in [-0.05, 0) is 0 Å². The van der Waals surface area contributed by atoms with Crippen LogP contribution >= 0.6 is 0 Å². The Bertz CT molecular complexity index is 264. The molecule has 4 heteroatoms. The van der Waals surface area contributed by atoms with Crippen LogP contribution in [-0.4, -0.2) is 55.5 Å². The van der Waals surface area contributed by atoms with Crippen molar-refractivity contribution in [3.8, 4) is 0 Å². The Kier molecular flexibility index (Phi) is 3.61. The topological polar surface area (TPSA) is 28.1 Å². The highest BCUT2D eigenvalue weighted by atomic mass is 16.5. The van der Waals surface area contributed by atoms with E-state index in [9.17, 15) is 0 Å². The van der Waals surface area contributed by atoms with Crippen LogP contribution in [-0.2, 0) is 4.74 Å². The molecule has 16 heavy (non-hydrogen) atoms. The molecule has 0 aromatic heterocycles. The lowest BCUT2D eigenvalue weighted by atomic mass is 9.95. The lowest BCUT2D eigenvalue weighted by molar-refractivity contribution is 0.0352. The molecule has 0 aromatic rings. The summed E-state index contributed by atoms with van der Waals surface area (Å²) >= 11 is 0. The molecule has 4 nitrogen and oxygen atoms in total. The lowest BCUT2D eigenvalue weighted by Crippen LogP contribution is -2.40. The second-order valence-corrected chi connectivity index (χ2v) is 5.00. The highest BCUT2D eigenvalue weighted by molar-refractivity contribution is 5.68. The van der Waals surface area contributed by atoms with Gasteiger partial charge in [0.25, 0.3) is 0 Å². The highest BCUT2D eigenvalue weighted by Gasteiger charge is 2.16. The molecule has 0 bridgehead atoms. The number of allylic oxidation sites excluding steroid dienone is 1. The van der Waals surface area contributed by atoms with Crippen LogP contribution in [0.15, 0.2) is 17.4 Å². The first-order valence-corrected chi connectivity index (χ1v) is 5.97. The molecule has 90 valence electrons. The smallest absolute Gasteiger partial charge is 0.0594 e. The van der Waals surface area contributed by atoms with Gasteiger partial charge in [0.1, 0.15) is 0 Å². The third kappa shape index (κ3) is 3.32. The van der Waals surface area contributed by atoms with Gasteiger partial charge in [0.05, 0.1) is 19.8 Å². The van der Waals surface area contributed by atoms with Crippen molar-refractivity contribution in [2.45, 2.75) is 13.8 Å². The van der Waals surface area contributed by atoms with Crippen LogP contribution < -0.4 is 0 Å². The molecular formula is C12H21N3O. The Morgan fingerprint density at radius 1 is 1.25 bits per heavy atom. The number of rotatable bonds is 3. The minimum atomic E-state index is 0.107. The number of nitrogens with zero attached hydrogens (tertiary/aromatic N) is 3. The molecule has 0 aliphatic carbocycles. The predicted molar refractivity (Wildman–Crippen MR) is 65.4 cm³/mol. The van der Waals surface area contributed by atoms with Crippen molar-refractivity contribution in [1.29, 1.82) is 0 Å². The van der Waals surface area contributed by atoms with Gasteiger partial charge in [0, 0.05) is 37.5 Å². The zero-order valence-corrected chi connectivity index (χ0v) is 10.2. The monoisotopic (exact) mass is 223 g/mol. The normalized spacial score (nSPS) is 25.0. The van der Waals surface area contributed by atoms with Crippen LogP contribution in [0.5, 0.6) is 0 Å². The first kappa shape index (κ1) is 11.6. The van der Waals surface area contributed by atoms with E-state index < -0.39 is 0 Å². The fourth-order valence-corrected chi connectivity index (χ4v) is 1.78. The van der Waals surface area contributed by atoms with Gasteiger partial charge in [0.2, 0.25) is 0 Å². The van der Waals surface area contributed by atoms with E-state index >= 15 is 0 Å². The Labute approximate surface area is 97.6 Å². The molecule has 0 saturated carbocycles. The van der Waals surface area contributed by atoms with Gasteiger partial charge in [-0.15, -0.1) is 0 Å². The maximum Gasteiger partial charge on any atom is 0.0594 e. The summed E-state index contributed by atoms with van der Waals surface area (Å²) in [7, 11) is 0. The fourth-order valence-electron chi connectivity index (χ4n) is 1.78. The van der Waals surface area contributed by atoms with E-state index in [4.69, 9.17) is 4.74 Å². The van der Waals surface area contributed by atoms with Crippen LogP contribution in [0.25, 0.3) is 0 Å². The van der Waals surface area contributed by atoms with Crippen molar-refractivity contribution in [2.24, 2.45) is 10.5 Å². The van der Waals surface area contributed by atoms with Gasteiger partial charge in [-0.3, -0.25) is 9.91 Å². The number of hydrogen-bond donors (Lipinski definition) is 0. The van der Waals surface area contributed by atoms with E-state index in [1.807, 2.05) is 11.2 Å². The summed E-state index contributed by atoms with van der Waals surface area (Å²) in [6.07, 6.45) is 6.28. The molecule has 0 unspecified atom stereocenters. The third-order valence-electron chi connectivity index (χ3n) is 2.96. The largest absolute Gasteiger partial charge is 0.379 e. The van der Waals surface area contributed by atoms with Crippen LogP contribution in [0.1, 0.15) is 13.8 Å². The van der Waals surface area contributed by atoms with Gasteiger partial charge in [-0.1, -0.05) is 19.9 Å². The van der Waals surface area contributed by atoms with Crippen molar-refractivity contribution < 1.29 is 4.74 Å². The van der Waals surface area contributed by atoms with E-state index in [-0.39, 0.29) is 5.41 Å². The summed E-state index contributed by atoms with van der Waals surface area (Å²) < 4.78 is 5.32. The third-order valence-corrected chi connectivity index (χ3v) is 2.96. The quantitative estimate of drug-likeness (QED) is 0.718. The number of ether oxygens (including phenoxy) is 1. The molecular weight excluding hydrogens is 202 g/mol. The summed E-state index contributed by atoms with van der Waals surface area (Å²) in [5.74, 6) is 0. The van der Waals surface area contributed by atoms with Crippen molar-refractivity contribution in [2.75, 3.05) is 39.4 Å². The van der Waals surface area contributed by atoms with E-state index in [0.717, 1.165) is 39.4 Å². The lowest BCUT2D eigenvalue weighted by Gasteiger charge is -2.29. The minimum Gasteiger partial charge on any atom is -0.379 e. The van der Waals surface area contributed by atoms with Crippen molar-refractivity contribution in [3.05, 3.63) is 12.3 Å². The minimum absolute atomic E-state index is 0.107. The Hall–Kier alpha value is -0.870. The predicted octanol–water partition coefficient (Wildman–Crippen LogP) is 1.16. The zero-order chi connectivity index (χ0) is 11.4. The first-order valence-electron chi connectivity index (χ1n) is 5.97. The maximum atomic E-state index is 5.32. The molecule has 0 atom stereocenters. The van der Waals surface area contributed by atoms with Crippen LogP contribution in [0.3, 0.4) is 0 Å². The molecule has 0 radical (unpaired) electrons. The molecule has 2 aliphatic heterocycles. The average Bonchev–Trinajstić information content (AvgIpc) is 2.29. The van der Waals surface area contributed by atoms with Crippen molar-refractivity contribution in [1.82, 2.24) is 9.91 Å². The van der Waals surface area contributed by atoms with Crippen molar-refractivity contribution >= 4 is 6.21 Å². The van der Waals surface area contributed by atoms with Crippen molar-refractivity contribution in [3.63, 3.8) is 0 Å². The molecule has 0 spiro atoms. The first-order chi connectivity index (χ1) is 7.66. The molecule has 2 heterocycles. The maximum absolute atomic E-state index is 5.32. The molecule has 1 saturated heterocycles. The second kappa shape index (κ2) is 4.97. The number of hydrogen-bond acceptors (Lipinski definition) is 4. The van der Waals surface area contributed by atoms with Gasteiger partial charge in [-0.2, -0.15) is 5.10 Å². The van der Waals surface area contributed by atoms with Gasteiger partial charge >= 0.3 is 0 Å². The summed E-state index contributed by atoms with van der Waals surface area (Å²) in [5.41, 5.74) is 0.107. The summed E-state index contributed by atoms with van der Waals surface area (Å²) in [6.45, 7) is 10.2.